The molecule has 1 heterocycles. The van der Waals surface area contributed by atoms with Crippen molar-refractivity contribution in [3.8, 4) is 0 Å². The predicted molar refractivity (Wildman–Crippen MR) is 74.8 cm³/mol. The zero-order valence-corrected chi connectivity index (χ0v) is 11.6. The Bertz CT molecular complexity index is 560. The number of amides is 1. The maximum atomic E-state index is 12.5. The van der Waals surface area contributed by atoms with E-state index in [1.165, 1.54) is 0 Å². The Hall–Kier alpha value is -2.10. The zero-order chi connectivity index (χ0) is 13.8. The summed E-state index contributed by atoms with van der Waals surface area (Å²) in [6.45, 7) is 5.19. The molecule has 0 saturated carbocycles. The molecule has 1 aromatic carbocycles. The molecule has 2 rings (SSSR count). The first kappa shape index (κ1) is 13.3. The average molecular weight is 257 g/mol. The lowest BCUT2D eigenvalue weighted by atomic mass is 10.2. The second-order valence-corrected chi connectivity index (χ2v) is 4.64. The molecule has 0 N–H and O–H groups in total. The largest absolute Gasteiger partial charge is 0.333 e. The van der Waals surface area contributed by atoms with E-state index in [0.29, 0.717) is 18.8 Å². The van der Waals surface area contributed by atoms with Crippen LogP contribution < -0.4 is 0 Å². The number of hydrogen-bond acceptors (Lipinski definition) is 2. The second kappa shape index (κ2) is 5.69. The average Bonchev–Trinajstić information content (AvgIpc) is 2.75. The molecular formula is C15H19N3O. The third-order valence-corrected chi connectivity index (χ3v) is 3.10. The van der Waals surface area contributed by atoms with Gasteiger partial charge >= 0.3 is 0 Å². The normalized spacial score (nSPS) is 10.5. The van der Waals surface area contributed by atoms with Gasteiger partial charge in [0.1, 0.15) is 0 Å². The van der Waals surface area contributed by atoms with Gasteiger partial charge in [-0.25, -0.2) is 0 Å². The first-order chi connectivity index (χ1) is 9.11. The van der Waals surface area contributed by atoms with E-state index in [9.17, 15) is 4.79 Å². The fraction of sp³-hybridized carbons (Fsp3) is 0.333. The Labute approximate surface area is 113 Å². The molecule has 1 aromatic heterocycles. The van der Waals surface area contributed by atoms with Gasteiger partial charge < -0.3 is 4.90 Å². The molecule has 0 saturated heterocycles. The number of hydrogen-bond donors (Lipinski definition) is 0. The molecule has 0 atom stereocenters. The third kappa shape index (κ3) is 3.02. The van der Waals surface area contributed by atoms with Crippen molar-refractivity contribution in [3.05, 3.63) is 53.3 Å². The van der Waals surface area contributed by atoms with E-state index >= 15 is 0 Å². The number of nitrogens with zero attached hydrogens (tertiary/aromatic N) is 3. The Morgan fingerprint density at radius 3 is 2.53 bits per heavy atom. The Balaban J connectivity index is 2.18. The highest BCUT2D eigenvalue weighted by Crippen LogP contribution is 2.11. The van der Waals surface area contributed by atoms with E-state index < -0.39 is 0 Å². The number of aromatic nitrogens is 2. The van der Waals surface area contributed by atoms with Gasteiger partial charge in [-0.1, -0.05) is 30.3 Å². The maximum absolute atomic E-state index is 12.5. The van der Waals surface area contributed by atoms with E-state index in [1.807, 2.05) is 62.3 Å². The summed E-state index contributed by atoms with van der Waals surface area (Å²) in [5.74, 6) is -0.00977. The van der Waals surface area contributed by atoms with E-state index in [4.69, 9.17) is 0 Å². The van der Waals surface area contributed by atoms with E-state index in [1.54, 1.807) is 4.68 Å². The van der Waals surface area contributed by atoms with Crippen molar-refractivity contribution in [2.75, 3.05) is 6.54 Å². The van der Waals surface area contributed by atoms with Crippen LogP contribution in [0.15, 0.2) is 36.5 Å². The first-order valence-electron chi connectivity index (χ1n) is 6.45. The van der Waals surface area contributed by atoms with Crippen LogP contribution in [-0.4, -0.2) is 27.1 Å². The van der Waals surface area contributed by atoms with Gasteiger partial charge in [0.05, 0.1) is 0 Å². The van der Waals surface area contributed by atoms with Crippen LogP contribution in [0.1, 0.15) is 28.5 Å². The molecule has 0 aliphatic rings. The Morgan fingerprint density at radius 1 is 1.32 bits per heavy atom. The highest BCUT2D eigenvalue weighted by Gasteiger charge is 2.19. The zero-order valence-electron chi connectivity index (χ0n) is 11.6. The summed E-state index contributed by atoms with van der Waals surface area (Å²) in [5, 5.41) is 4.25. The van der Waals surface area contributed by atoms with Crippen molar-refractivity contribution < 1.29 is 4.79 Å². The van der Waals surface area contributed by atoms with Gasteiger partial charge in [0, 0.05) is 31.9 Å². The summed E-state index contributed by atoms with van der Waals surface area (Å²) in [6, 6.07) is 10.0. The van der Waals surface area contributed by atoms with Crippen LogP contribution >= 0.6 is 0 Å². The number of benzene rings is 1. The minimum atomic E-state index is -0.00977. The number of aryl methyl sites for hydroxylation is 2. The van der Waals surface area contributed by atoms with Crippen molar-refractivity contribution in [1.82, 2.24) is 14.7 Å². The van der Waals surface area contributed by atoms with Gasteiger partial charge in [-0.3, -0.25) is 9.48 Å². The van der Waals surface area contributed by atoms with Gasteiger partial charge in [-0.15, -0.1) is 0 Å². The molecule has 1 amide bonds. The minimum absolute atomic E-state index is 0.00977. The Kier molecular flexibility index (Phi) is 4.00. The highest BCUT2D eigenvalue weighted by molar-refractivity contribution is 5.93. The molecule has 0 aliphatic heterocycles. The molecule has 0 fully saturated rings. The molecular weight excluding hydrogens is 238 g/mol. The number of carbonyl (C=O) groups is 1. The van der Waals surface area contributed by atoms with Crippen LogP contribution in [-0.2, 0) is 13.6 Å². The first-order valence-corrected chi connectivity index (χ1v) is 6.45. The van der Waals surface area contributed by atoms with Crippen LogP contribution in [0.5, 0.6) is 0 Å². The smallest absolute Gasteiger partial charge is 0.274 e. The highest BCUT2D eigenvalue weighted by atomic mass is 16.2. The summed E-state index contributed by atoms with van der Waals surface area (Å²) in [6.07, 6.45) is 1.86. The second-order valence-electron chi connectivity index (χ2n) is 4.64. The number of rotatable bonds is 4. The molecule has 2 aromatic rings. The van der Waals surface area contributed by atoms with Gasteiger partial charge in [0.15, 0.2) is 5.69 Å². The monoisotopic (exact) mass is 257 g/mol. The van der Waals surface area contributed by atoms with Crippen LogP contribution in [0.25, 0.3) is 0 Å². The summed E-state index contributed by atoms with van der Waals surface area (Å²) < 4.78 is 1.68. The lowest BCUT2D eigenvalue weighted by molar-refractivity contribution is 0.0745. The van der Waals surface area contributed by atoms with Gasteiger partial charge in [-0.05, 0) is 19.4 Å². The number of carbonyl (C=O) groups excluding carboxylic acids is 1. The minimum Gasteiger partial charge on any atom is -0.333 e. The van der Waals surface area contributed by atoms with Gasteiger partial charge in [0.25, 0.3) is 5.91 Å². The van der Waals surface area contributed by atoms with Crippen LogP contribution in [0.4, 0.5) is 0 Å². The third-order valence-electron chi connectivity index (χ3n) is 3.10. The van der Waals surface area contributed by atoms with Gasteiger partial charge in [-0.2, -0.15) is 5.10 Å². The maximum Gasteiger partial charge on any atom is 0.274 e. The summed E-state index contributed by atoms with van der Waals surface area (Å²) in [4.78, 5) is 14.3. The Morgan fingerprint density at radius 2 is 2.00 bits per heavy atom. The molecule has 0 bridgehead atoms. The van der Waals surface area contributed by atoms with Gasteiger partial charge in [0.2, 0.25) is 0 Å². The van der Waals surface area contributed by atoms with Crippen molar-refractivity contribution in [1.29, 1.82) is 0 Å². The lowest BCUT2D eigenvalue weighted by Gasteiger charge is -2.20. The topological polar surface area (TPSA) is 38.1 Å². The molecule has 0 unspecified atom stereocenters. The van der Waals surface area contributed by atoms with Crippen molar-refractivity contribution in [2.45, 2.75) is 20.4 Å². The SMILES string of the molecule is CCN(Cc1ccccc1)C(=O)c1nn(C)cc1C. The molecule has 0 radical (unpaired) electrons. The predicted octanol–water partition coefficient (Wildman–Crippen LogP) is 2.39. The van der Waals surface area contributed by atoms with Crippen molar-refractivity contribution in [2.24, 2.45) is 7.05 Å². The van der Waals surface area contributed by atoms with Crippen LogP contribution in [0, 0.1) is 6.92 Å². The van der Waals surface area contributed by atoms with Crippen LogP contribution in [0.2, 0.25) is 0 Å². The van der Waals surface area contributed by atoms with Crippen LogP contribution in [0.3, 0.4) is 0 Å². The summed E-state index contributed by atoms with van der Waals surface area (Å²) in [7, 11) is 1.83. The molecule has 100 valence electrons. The summed E-state index contributed by atoms with van der Waals surface area (Å²) in [5.41, 5.74) is 2.59. The van der Waals surface area contributed by atoms with E-state index in [0.717, 1.165) is 11.1 Å². The molecule has 19 heavy (non-hydrogen) atoms. The van der Waals surface area contributed by atoms with E-state index in [2.05, 4.69) is 5.10 Å². The molecule has 0 aliphatic carbocycles. The molecule has 4 heteroatoms. The van der Waals surface area contributed by atoms with E-state index in [-0.39, 0.29) is 5.91 Å². The summed E-state index contributed by atoms with van der Waals surface area (Å²) >= 11 is 0. The fourth-order valence-corrected chi connectivity index (χ4v) is 2.10. The standard InChI is InChI=1S/C15H19N3O/c1-4-18(11-13-8-6-5-7-9-13)15(19)14-12(2)10-17(3)16-14/h5-10H,4,11H2,1-3H3. The fourth-order valence-electron chi connectivity index (χ4n) is 2.10. The molecule has 4 nitrogen and oxygen atoms in total. The quantitative estimate of drug-likeness (QED) is 0.843. The van der Waals surface area contributed by atoms with Crippen molar-refractivity contribution >= 4 is 5.91 Å². The van der Waals surface area contributed by atoms with Crippen molar-refractivity contribution in [3.63, 3.8) is 0 Å². The molecule has 0 spiro atoms. The lowest BCUT2D eigenvalue weighted by Crippen LogP contribution is -2.31.